The maximum absolute atomic E-state index is 12.4. The van der Waals surface area contributed by atoms with Crippen LogP contribution in [0, 0.1) is 6.92 Å². The van der Waals surface area contributed by atoms with Crippen molar-refractivity contribution in [3.8, 4) is 0 Å². The van der Waals surface area contributed by atoms with Gasteiger partial charge in [0, 0.05) is 18.2 Å². The molecule has 130 valence electrons. The Bertz CT molecular complexity index is 950. The Kier molecular flexibility index (Phi) is 5.65. The number of aromatic amines is 1. The minimum absolute atomic E-state index is 0.210. The molecule has 0 unspecified atom stereocenters. The maximum atomic E-state index is 12.4. The number of hydrogen-bond acceptors (Lipinski definition) is 5. The molecule has 0 aliphatic carbocycles. The average Bonchev–Trinajstić information content (AvgIpc) is 2.93. The molecular formula is C18H17BrN2O3S. The fraction of sp³-hybridized carbons (Fsp3) is 0.278. The molecule has 25 heavy (non-hydrogen) atoms. The van der Waals surface area contributed by atoms with Crippen molar-refractivity contribution in [2.45, 2.75) is 19.8 Å². The lowest BCUT2D eigenvalue weighted by atomic mass is 10.2. The molecule has 7 heteroatoms. The van der Waals surface area contributed by atoms with Crippen LogP contribution >= 0.6 is 27.3 Å². The van der Waals surface area contributed by atoms with Crippen LogP contribution < -0.4 is 5.56 Å². The number of benzene rings is 1. The molecule has 0 aliphatic heterocycles. The largest absolute Gasteiger partial charge is 0.461 e. The number of carbonyl (C=O) groups excluding carboxylic acids is 1. The number of ether oxygens (including phenoxy) is 1. The van der Waals surface area contributed by atoms with Gasteiger partial charge in [-0.05, 0) is 18.1 Å². The van der Waals surface area contributed by atoms with E-state index in [9.17, 15) is 9.59 Å². The lowest BCUT2D eigenvalue weighted by Gasteiger charge is -2.04. The zero-order chi connectivity index (χ0) is 17.8. The van der Waals surface area contributed by atoms with Gasteiger partial charge in [-0.1, -0.05) is 46.3 Å². The Morgan fingerprint density at radius 2 is 2.04 bits per heavy atom. The van der Waals surface area contributed by atoms with Crippen LogP contribution in [0.25, 0.3) is 10.2 Å². The molecule has 0 radical (unpaired) electrons. The molecule has 3 rings (SSSR count). The van der Waals surface area contributed by atoms with Gasteiger partial charge in [-0.2, -0.15) is 0 Å². The topological polar surface area (TPSA) is 72.0 Å². The number of nitrogens with one attached hydrogen (secondary N) is 1. The molecule has 3 aromatic rings. The lowest BCUT2D eigenvalue weighted by Crippen LogP contribution is -2.12. The monoisotopic (exact) mass is 420 g/mol. The van der Waals surface area contributed by atoms with Gasteiger partial charge in [-0.3, -0.25) is 4.79 Å². The Morgan fingerprint density at radius 3 is 2.76 bits per heavy atom. The van der Waals surface area contributed by atoms with Crippen LogP contribution in [0.5, 0.6) is 0 Å². The van der Waals surface area contributed by atoms with Crippen LogP contribution in [0.2, 0.25) is 0 Å². The first kappa shape index (κ1) is 17.8. The van der Waals surface area contributed by atoms with Gasteiger partial charge in [0.05, 0.1) is 12.0 Å². The van der Waals surface area contributed by atoms with Crippen molar-refractivity contribution in [2.24, 2.45) is 0 Å². The summed E-state index contributed by atoms with van der Waals surface area (Å²) in [6.45, 7) is 2.06. The molecule has 0 aliphatic rings. The first-order valence-electron chi connectivity index (χ1n) is 7.89. The summed E-state index contributed by atoms with van der Waals surface area (Å²) in [4.78, 5) is 32.9. The summed E-state index contributed by atoms with van der Waals surface area (Å²) in [6.07, 6.45) is 1.28. The van der Waals surface area contributed by atoms with Gasteiger partial charge in [0.25, 0.3) is 5.56 Å². The van der Waals surface area contributed by atoms with E-state index >= 15 is 0 Å². The quantitative estimate of drug-likeness (QED) is 0.488. The normalized spacial score (nSPS) is 11.0. The predicted molar refractivity (Wildman–Crippen MR) is 103 cm³/mol. The molecule has 5 nitrogen and oxygen atoms in total. The highest BCUT2D eigenvalue weighted by Gasteiger charge is 2.20. The van der Waals surface area contributed by atoms with Crippen LogP contribution in [0.1, 0.15) is 26.6 Å². The summed E-state index contributed by atoms with van der Waals surface area (Å²) in [6, 6.07) is 9.84. The Labute approximate surface area is 157 Å². The number of thiophene rings is 1. The number of aromatic nitrogens is 2. The Morgan fingerprint density at radius 1 is 1.28 bits per heavy atom. The number of halogens is 1. The third-order valence-electron chi connectivity index (χ3n) is 3.83. The van der Waals surface area contributed by atoms with E-state index in [1.807, 2.05) is 30.3 Å². The van der Waals surface area contributed by atoms with Gasteiger partial charge in [0.1, 0.15) is 15.5 Å². The van der Waals surface area contributed by atoms with E-state index in [0.717, 1.165) is 5.56 Å². The predicted octanol–water partition coefficient (Wildman–Crippen LogP) is 3.63. The van der Waals surface area contributed by atoms with Crippen LogP contribution in [0.15, 0.2) is 35.1 Å². The summed E-state index contributed by atoms with van der Waals surface area (Å²) >= 11 is 4.54. The highest BCUT2D eigenvalue weighted by atomic mass is 79.9. The van der Waals surface area contributed by atoms with E-state index in [0.29, 0.717) is 51.3 Å². The number of nitrogens with zero attached hydrogens (tertiary/aromatic N) is 1. The fourth-order valence-electron chi connectivity index (χ4n) is 2.56. The average molecular weight is 421 g/mol. The van der Waals surface area contributed by atoms with E-state index in [2.05, 4.69) is 25.9 Å². The van der Waals surface area contributed by atoms with Gasteiger partial charge < -0.3 is 9.72 Å². The van der Waals surface area contributed by atoms with Crippen molar-refractivity contribution in [3.63, 3.8) is 0 Å². The highest BCUT2D eigenvalue weighted by molar-refractivity contribution is 9.09. The maximum Gasteiger partial charge on any atom is 0.348 e. The number of aryl methyl sites for hydroxylation is 2. The molecule has 1 aromatic carbocycles. The van der Waals surface area contributed by atoms with Gasteiger partial charge in [0.15, 0.2) is 0 Å². The molecule has 0 saturated carbocycles. The van der Waals surface area contributed by atoms with E-state index in [1.165, 1.54) is 11.3 Å². The number of H-pyrrole nitrogens is 1. The minimum atomic E-state index is -0.405. The van der Waals surface area contributed by atoms with Crippen molar-refractivity contribution >= 4 is 43.5 Å². The number of rotatable bonds is 6. The zero-order valence-corrected chi connectivity index (χ0v) is 16.1. The first-order chi connectivity index (χ1) is 12.1. The molecular weight excluding hydrogens is 404 g/mol. The second-order valence-electron chi connectivity index (χ2n) is 5.56. The summed E-state index contributed by atoms with van der Waals surface area (Å²) in [5.74, 6) is 0.206. The standard InChI is InChI=1S/C18H17BrN2O3S/c1-11-14-16(22)20-13(7-9-19)21-17(14)25-15(11)18(23)24-10-8-12-5-3-2-4-6-12/h2-6H,7-10H2,1H3,(H,20,21,22). The molecule has 0 fully saturated rings. The number of carbonyl (C=O) groups is 1. The van der Waals surface area contributed by atoms with Gasteiger partial charge >= 0.3 is 5.97 Å². The molecule has 0 saturated heterocycles. The number of hydrogen-bond donors (Lipinski definition) is 1. The van der Waals surface area contributed by atoms with Crippen LogP contribution in [-0.2, 0) is 17.6 Å². The molecule has 2 aromatic heterocycles. The first-order valence-corrected chi connectivity index (χ1v) is 9.83. The number of esters is 1. The SMILES string of the molecule is Cc1c(C(=O)OCCc2ccccc2)sc2nc(CCBr)[nH]c(=O)c12. The van der Waals surface area contributed by atoms with Gasteiger partial charge in [-0.15, -0.1) is 11.3 Å². The lowest BCUT2D eigenvalue weighted by molar-refractivity contribution is 0.0514. The summed E-state index contributed by atoms with van der Waals surface area (Å²) in [5, 5.41) is 1.18. The third-order valence-corrected chi connectivity index (χ3v) is 5.40. The smallest absolute Gasteiger partial charge is 0.348 e. The van der Waals surface area contributed by atoms with Crippen molar-refractivity contribution in [1.29, 1.82) is 0 Å². The summed E-state index contributed by atoms with van der Waals surface area (Å²) in [7, 11) is 0. The van der Waals surface area contributed by atoms with Gasteiger partial charge in [0.2, 0.25) is 0 Å². The summed E-state index contributed by atoms with van der Waals surface area (Å²) < 4.78 is 5.38. The molecule has 2 heterocycles. The second-order valence-corrected chi connectivity index (χ2v) is 7.35. The van der Waals surface area contributed by atoms with E-state index in [1.54, 1.807) is 6.92 Å². The van der Waals surface area contributed by atoms with Crippen LogP contribution in [0.4, 0.5) is 0 Å². The molecule has 0 amide bonds. The second kappa shape index (κ2) is 7.93. The van der Waals surface area contributed by atoms with Gasteiger partial charge in [-0.25, -0.2) is 9.78 Å². The Hall–Kier alpha value is -1.99. The fourth-order valence-corrected chi connectivity index (χ4v) is 4.03. The van der Waals surface area contributed by atoms with Crippen molar-refractivity contribution in [3.05, 3.63) is 62.5 Å². The number of alkyl halides is 1. The third kappa shape index (κ3) is 3.99. The molecule has 1 N–H and O–H groups in total. The van der Waals surface area contributed by atoms with Crippen LogP contribution in [-0.4, -0.2) is 27.9 Å². The minimum Gasteiger partial charge on any atom is -0.461 e. The molecule has 0 bridgehead atoms. The zero-order valence-electron chi connectivity index (χ0n) is 13.7. The molecule has 0 atom stereocenters. The Balaban J connectivity index is 1.78. The van der Waals surface area contributed by atoms with E-state index < -0.39 is 5.97 Å². The van der Waals surface area contributed by atoms with E-state index in [4.69, 9.17) is 4.74 Å². The summed E-state index contributed by atoms with van der Waals surface area (Å²) in [5.41, 5.74) is 1.53. The van der Waals surface area contributed by atoms with Crippen molar-refractivity contribution in [2.75, 3.05) is 11.9 Å². The molecule has 0 spiro atoms. The van der Waals surface area contributed by atoms with Crippen molar-refractivity contribution < 1.29 is 9.53 Å². The number of fused-ring (bicyclic) bond motifs is 1. The van der Waals surface area contributed by atoms with Crippen LogP contribution in [0.3, 0.4) is 0 Å². The van der Waals surface area contributed by atoms with E-state index in [-0.39, 0.29) is 5.56 Å². The van der Waals surface area contributed by atoms with Crippen molar-refractivity contribution in [1.82, 2.24) is 9.97 Å². The highest BCUT2D eigenvalue weighted by Crippen LogP contribution is 2.27.